The number of aliphatic hydroxyl groups excluding tert-OH is 2. The summed E-state index contributed by atoms with van der Waals surface area (Å²) >= 11 is 4.47. The maximum absolute atomic E-state index is 8.87. The molecular weight excluding hydrogens is 360 g/mol. The van der Waals surface area contributed by atoms with E-state index in [0.29, 0.717) is 13.2 Å². The Labute approximate surface area is 171 Å². The minimum Gasteiger partial charge on any atom is -0.396 e. The number of unbranched alkanes of at least 4 members (excludes halogenated alkanes) is 6. The number of thioether (sulfide) groups is 2. The van der Waals surface area contributed by atoms with Gasteiger partial charge in [0.2, 0.25) is 0 Å². The molecule has 2 N–H and O–H groups in total. The Kier molecular flexibility index (Phi) is 14.7. The first-order valence-electron chi connectivity index (χ1n) is 11.0. The molecule has 0 aromatic heterocycles. The first-order valence-corrected chi connectivity index (χ1v) is 13.1. The van der Waals surface area contributed by atoms with Crippen molar-refractivity contribution >= 4 is 23.5 Å². The monoisotopic (exact) mass is 404 g/mol. The zero-order valence-electron chi connectivity index (χ0n) is 17.5. The van der Waals surface area contributed by atoms with Crippen LogP contribution in [0.5, 0.6) is 0 Å². The van der Waals surface area contributed by atoms with E-state index >= 15 is 0 Å². The van der Waals surface area contributed by atoms with Gasteiger partial charge in [-0.3, -0.25) is 0 Å². The number of aliphatic hydroxyl groups is 2. The summed E-state index contributed by atoms with van der Waals surface area (Å²) in [7, 11) is 0. The highest BCUT2D eigenvalue weighted by atomic mass is 32.2. The summed E-state index contributed by atoms with van der Waals surface area (Å²) in [4.78, 5) is 0. The SMILES string of the molecule is CC(C)C1CC(SCCCCCCO)C(C)CC1SCCCCCCO. The first-order chi connectivity index (χ1) is 12.6. The second-order valence-corrected chi connectivity index (χ2v) is 11.1. The van der Waals surface area contributed by atoms with Gasteiger partial charge in [0.1, 0.15) is 0 Å². The van der Waals surface area contributed by atoms with Crippen LogP contribution in [0.4, 0.5) is 0 Å². The van der Waals surface area contributed by atoms with E-state index in [-0.39, 0.29) is 0 Å². The Hall–Kier alpha value is 0.620. The molecule has 0 aromatic carbocycles. The minimum absolute atomic E-state index is 0.350. The molecule has 0 aromatic rings. The molecule has 0 amide bonds. The average Bonchev–Trinajstić information content (AvgIpc) is 2.62. The number of rotatable bonds is 15. The second kappa shape index (κ2) is 15.5. The van der Waals surface area contributed by atoms with Crippen LogP contribution in [-0.4, -0.2) is 45.4 Å². The zero-order chi connectivity index (χ0) is 19.2. The maximum atomic E-state index is 8.87. The van der Waals surface area contributed by atoms with Crippen molar-refractivity contribution in [3.63, 3.8) is 0 Å². The summed E-state index contributed by atoms with van der Waals surface area (Å²) in [5, 5.41) is 19.4. The lowest BCUT2D eigenvalue weighted by Crippen LogP contribution is -2.37. The van der Waals surface area contributed by atoms with Crippen LogP contribution in [-0.2, 0) is 0 Å². The van der Waals surface area contributed by atoms with Gasteiger partial charge in [-0.2, -0.15) is 23.5 Å². The van der Waals surface area contributed by atoms with Crippen molar-refractivity contribution in [1.82, 2.24) is 0 Å². The van der Waals surface area contributed by atoms with Crippen LogP contribution in [0.25, 0.3) is 0 Å². The summed E-state index contributed by atoms with van der Waals surface area (Å²) < 4.78 is 0. The molecule has 0 bridgehead atoms. The summed E-state index contributed by atoms with van der Waals surface area (Å²) in [6.45, 7) is 8.03. The van der Waals surface area contributed by atoms with Crippen molar-refractivity contribution < 1.29 is 10.2 Å². The molecule has 1 rings (SSSR count). The topological polar surface area (TPSA) is 40.5 Å². The number of hydrogen-bond donors (Lipinski definition) is 2. The van der Waals surface area contributed by atoms with Crippen LogP contribution in [0.2, 0.25) is 0 Å². The normalized spacial score (nSPS) is 26.5. The highest BCUT2D eigenvalue weighted by Crippen LogP contribution is 2.44. The molecule has 0 radical (unpaired) electrons. The molecule has 4 heteroatoms. The molecule has 0 spiro atoms. The zero-order valence-corrected chi connectivity index (χ0v) is 19.1. The Morgan fingerprint density at radius 1 is 0.731 bits per heavy atom. The molecule has 1 aliphatic carbocycles. The predicted octanol–water partition coefficient (Wildman–Crippen LogP) is 6.00. The molecule has 1 saturated carbocycles. The summed E-state index contributed by atoms with van der Waals surface area (Å²) in [6, 6.07) is 0. The van der Waals surface area contributed by atoms with Crippen LogP contribution in [0.15, 0.2) is 0 Å². The second-order valence-electron chi connectivity index (χ2n) is 8.45. The number of hydrogen-bond acceptors (Lipinski definition) is 4. The molecule has 26 heavy (non-hydrogen) atoms. The molecule has 156 valence electrons. The van der Waals surface area contributed by atoms with Gasteiger partial charge in [0.05, 0.1) is 0 Å². The summed E-state index contributed by atoms with van der Waals surface area (Å²) in [5.41, 5.74) is 0. The third kappa shape index (κ3) is 10.2. The predicted molar refractivity (Wildman–Crippen MR) is 120 cm³/mol. The van der Waals surface area contributed by atoms with E-state index in [1.54, 1.807) is 0 Å². The van der Waals surface area contributed by atoms with Crippen molar-refractivity contribution in [2.24, 2.45) is 17.8 Å². The van der Waals surface area contributed by atoms with Gasteiger partial charge in [0.25, 0.3) is 0 Å². The average molecular weight is 405 g/mol. The van der Waals surface area contributed by atoms with Gasteiger partial charge in [-0.05, 0) is 67.8 Å². The Morgan fingerprint density at radius 2 is 1.23 bits per heavy atom. The Balaban J connectivity index is 2.30. The van der Waals surface area contributed by atoms with E-state index in [2.05, 4.69) is 44.3 Å². The molecule has 0 aliphatic heterocycles. The fourth-order valence-corrected chi connectivity index (χ4v) is 7.33. The van der Waals surface area contributed by atoms with Crippen molar-refractivity contribution in [3.8, 4) is 0 Å². The molecule has 0 saturated heterocycles. The summed E-state index contributed by atoms with van der Waals surface area (Å²) in [5.74, 6) is 5.12. The quantitative estimate of drug-likeness (QED) is 0.329. The standard InChI is InChI=1S/C22H44O2S2/c1-18(2)20-17-21(25-14-10-6-4-8-12-23)19(3)16-22(20)26-15-11-7-5-9-13-24/h18-24H,4-17H2,1-3H3. The highest BCUT2D eigenvalue weighted by molar-refractivity contribution is 8.00. The molecule has 1 aliphatic rings. The van der Waals surface area contributed by atoms with Crippen LogP contribution in [0, 0.1) is 17.8 Å². The fraction of sp³-hybridized carbons (Fsp3) is 1.00. The fourth-order valence-electron chi connectivity index (χ4n) is 4.08. The van der Waals surface area contributed by atoms with E-state index in [1.807, 2.05) is 0 Å². The van der Waals surface area contributed by atoms with Crippen molar-refractivity contribution in [2.75, 3.05) is 24.7 Å². The molecule has 4 atom stereocenters. The lowest BCUT2D eigenvalue weighted by atomic mass is 9.77. The Morgan fingerprint density at radius 3 is 1.73 bits per heavy atom. The molecule has 4 unspecified atom stereocenters. The van der Waals surface area contributed by atoms with Crippen molar-refractivity contribution in [3.05, 3.63) is 0 Å². The molecule has 2 nitrogen and oxygen atoms in total. The third-order valence-electron chi connectivity index (χ3n) is 5.85. The Bertz CT molecular complexity index is 325. The van der Waals surface area contributed by atoms with Crippen LogP contribution < -0.4 is 0 Å². The lowest BCUT2D eigenvalue weighted by Gasteiger charge is -2.42. The minimum atomic E-state index is 0.350. The van der Waals surface area contributed by atoms with Crippen LogP contribution >= 0.6 is 23.5 Å². The maximum Gasteiger partial charge on any atom is 0.0431 e. The molecule has 0 heterocycles. The molecule has 1 fully saturated rings. The smallest absolute Gasteiger partial charge is 0.0431 e. The summed E-state index contributed by atoms with van der Waals surface area (Å²) in [6.07, 6.45) is 12.3. The van der Waals surface area contributed by atoms with Crippen molar-refractivity contribution in [2.45, 2.75) is 95.5 Å². The van der Waals surface area contributed by atoms with E-state index in [9.17, 15) is 0 Å². The van der Waals surface area contributed by atoms with Gasteiger partial charge in [0.15, 0.2) is 0 Å². The van der Waals surface area contributed by atoms with E-state index in [0.717, 1.165) is 41.1 Å². The van der Waals surface area contributed by atoms with Crippen LogP contribution in [0.3, 0.4) is 0 Å². The van der Waals surface area contributed by atoms with Gasteiger partial charge in [-0.15, -0.1) is 0 Å². The van der Waals surface area contributed by atoms with E-state index < -0.39 is 0 Å². The van der Waals surface area contributed by atoms with Gasteiger partial charge in [-0.25, -0.2) is 0 Å². The largest absolute Gasteiger partial charge is 0.396 e. The van der Waals surface area contributed by atoms with E-state index in [4.69, 9.17) is 10.2 Å². The third-order valence-corrected chi connectivity index (χ3v) is 8.95. The first kappa shape index (κ1) is 24.7. The van der Waals surface area contributed by atoms with Gasteiger partial charge in [0, 0.05) is 23.7 Å². The van der Waals surface area contributed by atoms with Gasteiger partial charge in [-0.1, -0.05) is 46.5 Å². The molecular formula is C22H44O2S2. The highest BCUT2D eigenvalue weighted by Gasteiger charge is 2.36. The van der Waals surface area contributed by atoms with Gasteiger partial charge < -0.3 is 10.2 Å². The van der Waals surface area contributed by atoms with Gasteiger partial charge >= 0.3 is 0 Å². The van der Waals surface area contributed by atoms with Crippen LogP contribution in [0.1, 0.15) is 85.0 Å². The lowest BCUT2D eigenvalue weighted by molar-refractivity contribution is 0.251. The van der Waals surface area contributed by atoms with E-state index in [1.165, 1.54) is 62.9 Å². The van der Waals surface area contributed by atoms with Crippen molar-refractivity contribution in [1.29, 1.82) is 0 Å².